The van der Waals surface area contributed by atoms with Crippen molar-refractivity contribution in [1.82, 2.24) is 20.3 Å². The van der Waals surface area contributed by atoms with Gasteiger partial charge in [0.25, 0.3) is 5.56 Å². The summed E-state index contributed by atoms with van der Waals surface area (Å²) in [7, 11) is 0. The molecule has 0 saturated heterocycles. The number of aromatic amines is 1. The highest BCUT2D eigenvalue weighted by atomic mass is 35.5. The molecule has 0 atom stereocenters. The lowest BCUT2D eigenvalue weighted by molar-refractivity contribution is 0.619. The number of aromatic nitrogens is 3. The van der Waals surface area contributed by atoms with Crippen molar-refractivity contribution >= 4 is 11.6 Å². The van der Waals surface area contributed by atoms with Crippen LogP contribution >= 0.6 is 11.6 Å². The van der Waals surface area contributed by atoms with Crippen LogP contribution in [0.2, 0.25) is 5.02 Å². The molecule has 2 aromatic heterocycles. The number of hydrogen-bond acceptors (Lipinski definition) is 4. The van der Waals surface area contributed by atoms with E-state index in [9.17, 15) is 4.79 Å². The third-order valence-corrected chi connectivity index (χ3v) is 3.14. The van der Waals surface area contributed by atoms with Crippen LogP contribution in [0.15, 0.2) is 23.1 Å². The van der Waals surface area contributed by atoms with Crippen LogP contribution in [0.4, 0.5) is 0 Å². The summed E-state index contributed by atoms with van der Waals surface area (Å²) >= 11 is 5.78. The molecule has 0 saturated carbocycles. The number of fused-ring (bicyclic) bond motifs is 1. The quantitative estimate of drug-likeness (QED) is 0.808. The fourth-order valence-corrected chi connectivity index (χ4v) is 2.12. The smallest absolute Gasteiger partial charge is 0.254 e. The molecule has 3 heterocycles. The van der Waals surface area contributed by atoms with E-state index < -0.39 is 0 Å². The van der Waals surface area contributed by atoms with Gasteiger partial charge in [-0.1, -0.05) is 11.6 Å². The number of halogens is 1. The molecule has 0 bridgehead atoms. The molecule has 18 heavy (non-hydrogen) atoms. The molecule has 0 spiro atoms. The summed E-state index contributed by atoms with van der Waals surface area (Å²) in [5, 5.41) is 3.76. The molecule has 1 aliphatic heterocycles. The Labute approximate surface area is 108 Å². The molecule has 92 valence electrons. The predicted molar refractivity (Wildman–Crippen MR) is 68.5 cm³/mol. The molecule has 0 radical (unpaired) electrons. The molecule has 0 aliphatic carbocycles. The molecule has 0 fully saturated rings. The van der Waals surface area contributed by atoms with Crippen molar-refractivity contribution in [2.75, 3.05) is 6.54 Å². The third-order valence-electron chi connectivity index (χ3n) is 2.92. The Kier molecular flexibility index (Phi) is 2.85. The van der Waals surface area contributed by atoms with Crippen molar-refractivity contribution in [3.8, 4) is 11.5 Å². The first-order valence-electron chi connectivity index (χ1n) is 5.69. The Hall–Kier alpha value is -1.72. The van der Waals surface area contributed by atoms with Gasteiger partial charge in [-0.15, -0.1) is 0 Å². The van der Waals surface area contributed by atoms with Crippen LogP contribution in [0.3, 0.4) is 0 Å². The maximum absolute atomic E-state index is 11.9. The van der Waals surface area contributed by atoms with Gasteiger partial charge in [0.1, 0.15) is 5.69 Å². The lowest BCUT2D eigenvalue weighted by atomic mass is 10.1. The molecule has 1 aliphatic rings. The number of rotatable bonds is 1. The summed E-state index contributed by atoms with van der Waals surface area (Å²) in [6.07, 6.45) is 2.25. The van der Waals surface area contributed by atoms with E-state index in [1.54, 1.807) is 12.1 Å². The highest BCUT2D eigenvalue weighted by Gasteiger charge is 2.15. The third kappa shape index (κ3) is 2.02. The first kappa shape index (κ1) is 11.4. The molecule has 0 amide bonds. The van der Waals surface area contributed by atoms with E-state index in [1.807, 2.05) is 0 Å². The number of nitrogens with one attached hydrogen (secondary N) is 2. The SMILES string of the molecule is O=c1[nH]c(-c2ccc(Cl)cn2)nc2c1CCNC2. The number of pyridine rings is 1. The fourth-order valence-electron chi connectivity index (χ4n) is 2.01. The first-order chi connectivity index (χ1) is 8.74. The van der Waals surface area contributed by atoms with E-state index >= 15 is 0 Å². The van der Waals surface area contributed by atoms with Gasteiger partial charge in [-0.25, -0.2) is 4.98 Å². The summed E-state index contributed by atoms with van der Waals surface area (Å²) in [5.41, 5.74) is 2.11. The minimum atomic E-state index is -0.0757. The van der Waals surface area contributed by atoms with E-state index in [0.29, 0.717) is 29.5 Å². The number of H-pyrrole nitrogens is 1. The van der Waals surface area contributed by atoms with Crippen LogP contribution in [-0.2, 0) is 13.0 Å². The lowest BCUT2D eigenvalue weighted by Gasteiger charge is -2.15. The van der Waals surface area contributed by atoms with Crippen LogP contribution in [0.1, 0.15) is 11.3 Å². The summed E-state index contributed by atoms with van der Waals surface area (Å²) in [6, 6.07) is 3.46. The van der Waals surface area contributed by atoms with Gasteiger partial charge in [0, 0.05) is 18.3 Å². The zero-order chi connectivity index (χ0) is 12.5. The fraction of sp³-hybridized carbons (Fsp3) is 0.250. The van der Waals surface area contributed by atoms with Crippen LogP contribution in [0.25, 0.3) is 11.5 Å². The van der Waals surface area contributed by atoms with Crippen molar-refractivity contribution in [2.24, 2.45) is 0 Å². The second-order valence-corrected chi connectivity index (χ2v) is 4.56. The zero-order valence-electron chi connectivity index (χ0n) is 9.53. The maximum atomic E-state index is 11.9. The Balaban J connectivity index is 2.11. The van der Waals surface area contributed by atoms with Gasteiger partial charge in [-0.3, -0.25) is 9.78 Å². The Morgan fingerprint density at radius 2 is 2.22 bits per heavy atom. The van der Waals surface area contributed by atoms with Crippen molar-refractivity contribution in [1.29, 1.82) is 0 Å². The zero-order valence-corrected chi connectivity index (χ0v) is 10.3. The summed E-state index contributed by atoms with van der Waals surface area (Å²) in [4.78, 5) is 23.3. The van der Waals surface area contributed by atoms with Gasteiger partial charge < -0.3 is 10.3 Å². The Morgan fingerprint density at radius 1 is 1.33 bits per heavy atom. The summed E-state index contributed by atoms with van der Waals surface area (Å²) in [5.74, 6) is 0.485. The summed E-state index contributed by atoms with van der Waals surface area (Å²) < 4.78 is 0. The molecule has 2 aromatic rings. The van der Waals surface area contributed by atoms with Gasteiger partial charge in [-0.2, -0.15) is 0 Å². The van der Waals surface area contributed by atoms with Crippen LogP contribution in [0.5, 0.6) is 0 Å². The van der Waals surface area contributed by atoms with Gasteiger partial charge in [0.2, 0.25) is 0 Å². The molecule has 2 N–H and O–H groups in total. The van der Waals surface area contributed by atoms with Gasteiger partial charge in [-0.05, 0) is 25.1 Å². The van der Waals surface area contributed by atoms with E-state index in [2.05, 4.69) is 20.3 Å². The molecule has 0 aromatic carbocycles. The average Bonchev–Trinajstić information content (AvgIpc) is 2.39. The average molecular weight is 263 g/mol. The second-order valence-electron chi connectivity index (χ2n) is 4.13. The molecule has 5 nitrogen and oxygen atoms in total. The van der Waals surface area contributed by atoms with Crippen molar-refractivity contribution in [3.05, 3.63) is 45.0 Å². The Bertz CT molecular complexity index is 636. The largest absolute Gasteiger partial charge is 0.311 e. The van der Waals surface area contributed by atoms with Crippen molar-refractivity contribution < 1.29 is 0 Å². The highest BCUT2D eigenvalue weighted by molar-refractivity contribution is 6.30. The Morgan fingerprint density at radius 3 is 3.00 bits per heavy atom. The van der Waals surface area contributed by atoms with E-state index in [0.717, 1.165) is 17.8 Å². The normalized spacial score (nSPS) is 14.3. The predicted octanol–water partition coefficient (Wildman–Crippen LogP) is 1.13. The topological polar surface area (TPSA) is 70.7 Å². The minimum Gasteiger partial charge on any atom is -0.311 e. The van der Waals surface area contributed by atoms with E-state index in [4.69, 9.17) is 11.6 Å². The van der Waals surface area contributed by atoms with Crippen LogP contribution in [0, 0.1) is 0 Å². The number of hydrogen-bond donors (Lipinski definition) is 2. The molecule has 3 rings (SSSR count). The van der Waals surface area contributed by atoms with E-state index in [1.165, 1.54) is 6.20 Å². The number of nitrogens with zero attached hydrogens (tertiary/aromatic N) is 2. The van der Waals surface area contributed by atoms with Gasteiger partial charge in [0.05, 0.1) is 10.7 Å². The van der Waals surface area contributed by atoms with Crippen LogP contribution < -0.4 is 10.9 Å². The van der Waals surface area contributed by atoms with Crippen molar-refractivity contribution in [3.63, 3.8) is 0 Å². The monoisotopic (exact) mass is 262 g/mol. The standard InChI is InChI=1S/C12H11ClN4O/c13-7-1-2-9(15-5-7)11-16-10-6-14-4-3-8(10)12(18)17-11/h1-2,5,14H,3-4,6H2,(H,16,17,18). The maximum Gasteiger partial charge on any atom is 0.254 e. The highest BCUT2D eigenvalue weighted by Crippen LogP contribution is 2.15. The lowest BCUT2D eigenvalue weighted by Crippen LogP contribution is -2.31. The van der Waals surface area contributed by atoms with Gasteiger partial charge in [0.15, 0.2) is 5.82 Å². The van der Waals surface area contributed by atoms with Crippen molar-refractivity contribution in [2.45, 2.75) is 13.0 Å². The molecular weight excluding hydrogens is 252 g/mol. The second kappa shape index (κ2) is 4.51. The molecular formula is C12H11ClN4O. The first-order valence-corrected chi connectivity index (χ1v) is 6.06. The molecule has 6 heteroatoms. The molecule has 0 unspecified atom stereocenters. The van der Waals surface area contributed by atoms with Gasteiger partial charge >= 0.3 is 0 Å². The minimum absolute atomic E-state index is 0.0757. The van der Waals surface area contributed by atoms with Crippen LogP contribution in [-0.4, -0.2) is 21.5 Å². The summed E-state index contributed by atoms with van der Waals surface area (Å²) in [6.45, 7) is 1.44. The van der Waals surface area contributed by atoms with E-state index in [-0.39, 0.29) is 5.56 Å².